The summed E-state index contributed by atoms with van der Waals surface area (Å²) in [7, 11) is 0. The van der Waals surface area contributed by atoms with Gasteiger partial charge in [-0.05, 0) is 24.3 Å². The van der Waals surface area contributed by atoms with Crippen LogP contribution in [-0.2, 0) is 6.54 Å². The van der Waals surface area contributed by atoms with E-state index in [1.807, 2.05) is 42.5 Å². The minimum atomic E-state index is 0.447. The summed E-state index contributed by atoms with van der Waals surface area (Å²) in [6.07, 6.45) is 3.38. The summed E-state index contributed by atoms with van der Waals surface area (Å²) in [5, 5.41) is 12.3. The number of hydrogen-bond acceptors (Lipinski definition) is 4. The fourth-order valence-electron chi connectivity index (χ4n) is 1.77. The van der Waals surface area contributed by atoms with E-state index in [0.717, 1.165) is 17.1 Å². The zero-order chi connectivity index (χ0) is 13.8. The molecular formula is C14H12ClN5. The molecule has 6 heteroatoms. The van der Waals surface area contributed by atoms with Gasteiger partial charge in [-0.3, -0.25) is 0 Å². The zero-order valence-corrected chi connectivity index (χ0v) is 11.3. The highest BCUT2D eigenvalue weighted by molar-refractivity contribution is 6.31. The standard InChI is InChI=1S/C14H12ClN5/c15-14-13(7-4-8-16-14)17-9-11-10-18-20(19-11)12-5-2-1-3-6-12/h1-8,10,17H,9H2. The average molecular weight is 286 g/mol. The molecule has 5 nitrogen and oxygen atoms in total. The highest BCUT2D eigenvalue weighted by atomic mass is 35.5. The number of halogens is 1. The number of para-hydroxylation sites is 1. The van der Waals surface area contributed by atoms with E-state index < -0.39 is 0 Å². The van der Waals surface area contributed by atoms with E-state index in [9.17, 15) is 0 Å². The molecule has 0 radical (unpaired) electrons. The molecule has 1 aromatic carbocycles. The van der Waals surface area contributed by atoms with Crippen molar-refractivity contribution in [2.45, 2.75) is 6.54 Å². The monoisotopic (exact) mass is 285 g/mol. The van der Waals surface area contributed by atoms with Crippen LogP contribution in [0.1, 0.15) is 5.69 Å². The molecule has 100 valence electrons. The third-order valence-corrected chi connectivity index (χ3v) is 3.05. The molecule has 0 saturated heterocycles. The molecule has 20 heavy (non-hydrogen) atoms. The zero-order valence-electron chi connectivity index (χ0n) is 10.6. The van der Waals surface area contributed by atoms with Crippen molar-refractivity contribution in [2.24, 2.45) is 0 Å². The third-order valence-electron chi connectivity index (χ3n) is 2.75. The average Bonchev–Trinajstić information content (AvgIpc) is 2.96. The van der Waals surface area contributed by atoms with Crippen LogP contribution in [-0.4, -0.2) is 20.0 Å². The Kier molecular flexibility index (Phi) is 3.60. The Balaban J connectivity index is 1.71. The van der Waals surface area contributed by atoms with Crippen molar-refractivity contribution >= 4 is 17.3 Å². The van der Waals surface area contributed by atoms with Gasteiger partial charge in [0.1, 0.15) is 5.69 Å². The second-order valence-corrected chi connectivity index (χ2v) is 4.51. The molecule has 0 aliphatic heterocycles. The van der Waals surface area contributed by atoms with Gasteiger partial charge in [0, 0.05) is 6.20 Å². The van der Waals surface area contributed by atoms with Crippen LogP contribution in [0.3, 0.4) is 0 Å². The Labute approximate surface area is 121 Å². The maximum absolute atomic E-state index is 5.98. The lowest BCUT2D eigenvalue weighted by Crippen LogP contribution is -2.03. The first-order valence-electron chi connectivity index (χ1n) is 6.14. The minimum Gasteiger partial charge on any atom is -0.377 e. The lowest BCUT2D eigenvalue weighted by atomic mass is 10.3. The van der Waals surface area contributed by atoms with E-state index in [4.69, 9.17) is 11.6 Å². The minimum absolute atomic E-state index is 0.447. The predicted octanol–water partition coefficient (Wildman–Crippen LogP) is 2.93. The van der Waals surface area contributed by atoms with Crippen molar-refractivity contribution in [3.8, 4) is 5.69 Å². The van der Waals surface area contributed by atoms with Crippen LogP contribution in [0.5, 0.6) is 0 Å². The largest absolute Gasteiger partial charge is 0.377 e. The molecule has 1 N–H and O–H groups in total. The molecular weight excluding hydrogens is 274 g/mol. The van der Waals surface area contributed by atoms with Crippen molar-refractivity contribution < 1.29 is 0 Å². The molecule has 0 saturated carbocycles. The van der Waals surface area contributed by atoms with Crippen LogP contribution in [0.15, 0.2) is 54.9 Å². The molecule has 3 rings (SSSR count). The first-order valence-corrected chi connectivity index (χ1v) is 6.52. The molecule has 0 amide bonds. The van der Waals surface area contributed by atoms with Crippen molar-refractivity contribution in [3.05, 3.63) is 65.7 Å². The molecule has 2 aromatic heterocycles. The number of anilines is 1. The second-order valence-electron chi connectivity index (χ2n) is 4.16. The number of hydrogen-bond donors (Lipinski definition) is 1. The maximum Gasteiger partial charge on any atom is 0.152 e. The quantitative estimate of drug-likeness (QED) is 0.749. The van der Waals surface area contributed by atoms with E-state index >= 15 is 0 Å². The molecule has 0 atom stereocenters. The smallest absolute Gasteiger partial charge is 0.152 e. The Morgan fingerprint density at radius 1 is 1.10 bits per heavy atom. The van der Waals surface area contributed by atoms with Crippen LogP contribution in [0.4, 0.5) is 5.69 Å². The summed E-state index contributed by atoms with van der Waals surface area (Å²) in [6, 6.07) is 13.5. The summed E-state index contributed by atoms with van der Waals surface area (Å²) in [6.45, 7) is 0.540. The highest BCUT2D eigenvalue weighted by Gasteiger charge is 2.04. The van der Waals surface area contributed by atoms with Gasteiger partial charge in [0.05, 0.1) is 24.1 Å². The van der Waals surface area contributed by atoms with Gasteiger partial charge in [0.25, 0.3) is 0 Å². The number of aromatic nitrogens is 4. The van der Waals surface area contributed by atoms with Gasteiger partial charge in [-0.15, -0.1) is 0 Å². The topological polar surface area (TPSA) is 55.6 Å². The number of nitrogens with one attached hydrogen (secondary N) is 1. The lowest BCUT2D eigenvalue weighted by Gasteiger charge is -2.04. The molecule has 2 heterocycles. The molecule has 0 spiro atoms. The molecule has 0 fully saturated rings. The van der Waals surface area contributed by atoms with E-state index in [0.29, 0.717) is 11.7 Å². The van der Waals surface area contributed by atoms with Gasteiger partial charge in [-0.1, -0.05) is 29.8 Å². The predicted molar refractivity (Wildman–Crippen MR) is 77.9 cm³/mol. The number of rotatable bonds is 4. The maximum atomic E-state index is 5.98. The Morgan fingerprint density at radius 3 is 2.75 bits per heavy atom. The summed E-state index contributed by atoms with van der Waals surface area (Å²) in [5.41, 5.74) is 2.54. The highest BCUT2D eigenvalue weighted by Crippen LogP contribution is 2.18. The molecule has 0 aliphatic carbocycles. The van der Waals surface area contributed by atoms with E-state index in [2.05, 4.69) is 20.5 Å². The molecule has 0 unspecified atom stereocenters. The second kappa shape index (κ2) is 5.71. The summed E-state index contributed by atoms with van der Waals surface area (Å²) >= 11 is 5.98. The Hall–Kier alpha value is -2.40. The van der Waals surface area contributed by atoms with Gasteiger partial charge in [-0.2, -0.15) is 15.0 Å². The molecule has 0 bridgehead atoms. The van der Waals surface area contributed by atoms with Crippen molar-refractivity contribution in [1.82, 2.24) is 20.0 Å². The first kappa shape index (κ1) is 12.6. The fourth-order valence-corrected chi connectivity index (χ4v) is 1.95. The number of pyridine rings is 1. The third kappa shape index (κ3) is 2.78. The van der Waals surface area contributed by atoms with E-state index in [1.54, 1.807) is 17.2 Å². The van der Waals surface area contributed by atoms with Crippen LogP contribution in [0, 0.1) is 0 Å². The van der Waals surface area contributed by atoms with Gasteiger partial charge >= 0.3 is 0 Å². The van der Waals surface area contributed by atoms with Crippen LogP contribution >= 0.6 is 11.6 Å². The Morgan fingerprint density at radius 2 is 1.95 bits per heavy atom. The molecule has 3 aromatic rings. The van der Waals surface area contributed by atoms with Crippen molar-refractivity contribution in [1.29, 1.82) is 0 Å². The summed E-state index contributed by atoms with van der Waals surface area (Å²) in [5.74, 6) is 0. The lowest BCUT2D eigenvalue weighted by molar-refractivity contribution is 0.740. The van der Waals surface area contributed by atoms with Crippen LogP contribution in [0.2, 0.25) is 5.15 Å². The van der Waals surface area contributed by atoms with Crippen molar-refractivity contribution in [3.63, 3.8) is 0 Å². The van der Waals surface area contributed by atoms with Gasteiger partial charge in [0.2, 0.25) is 0 Å². The van der Waals surface area contributed by atoms with Gasteiger partial charge < -0.3 is 5.32 Å². The van der Waals surface area contributed by atoms with Crippen LogP contribution < -0.4 is 5.32 Å². The number of nitrogens with zero attached hydrogens (tertiary/aromatic N) is 4. The first-order chi connectivity index (χ1) is 9.83. The van der Waals surface area contributed by atoms with Gasteiger partial charge in [-0.25, -0.2) is 4.98 Å². The van der Waals surface area contributed by atoms with E-state index in [1.165, 1.54) is 0 Å². The molecule has 0 aliphatic rings. The Bertz CT molecular complexity index is 696. The normalized spacial score (nSPS) is 10.4. The van der Waals surface area contributed by atoms with Crippen LogP contribution in [0.25, 0.3) is 5.69 Å². The summed E-state index contributed by atoms with van der Waals surface area (Å²) < 4.78 is 0. The SMILES string of the molecule is Clc1ncccc1NCc1cnn(-c2ccccc2)n1. The fraction of sp³-hybridized carbons (Fsp3) is 0.0714. The summed E-state index contributed by atoms with van der Waals surface area (Å²) in [4.78, 5) is 5.60. The van der Waals surface area contributed by atoms with E-state index in [-0.39, 0.29) is 0 Å². The van der Waals surface area contributed by atoms with Gasteiger partial charge in [0.15, 0.2) is 5.15 Å². The number of benzene rings is 1. The van der Waals surface area contributed by atoms with Crippen molar-refractivity contribution in [2.75, 3.05) is 5.32 Å².